The van der Waals surface area contributed by atoms with Gasteiger partial charge in [0, 0.05) is 11.1 Å². The lowest BCUT2D eigenvalue weighted by Crippen LogP contribution is -2.30. The zero-order valence-electron chi connectivity index (χ0n) is 27.6. The fraction of sp³-hybridized carbons (Fsp3) is 0.0625. The summed E-state index contributed by atoms with van der Waals surface area (Å²) in [4.78, 5) is 2.44. The highest BCUT2D eigenvalue weighted by Crippen LogP contribution is 2.57. The van der Waals surface area contributed by atoms with E-state index in [0.29, 0.717) is 0 Å². The quantitative estimate of drug-likeness (QED) is 0.189. The normalized spacial score (nSPS) is 14.7. The van der Waals surface area contributed by atoms with Crippen LogP contribution in [0.15, 0.2) is 170 Å². The molecule has 1 heteroatoms. The molecule has 0 saturated carbocycles. The molecule has 0 bridgehead atoms. The van der Waals surface area contributed by atoms with Gasteiger partial charge in [0.15, 0.2) is 0 Å². The van der Waals surface area contributed by atoms with E-state index < -0.39 is 0 Å². The second-order valence-corrected chi connectivity index (χ2v) is 13.8. The lowest BCUT2D eigenvalue weighted by Gasteiger charge is -2.42. The van der Waals surface area contributed by atoms with E-state index in [0.717, 1.165) is 5.69 Å². The van der Waals surface area contributed by atoms with Crippen molar-refractivity contribution >= 4 is 28.2 Å². The maximum Gasteiger partial charge on any atom is 0.0654 e. The molecule has 1 nitrogen and oxygen atoms in total. The van der Waals surface area contributed by atoms with Crippen LogP contribution >= 0.6 is 0 Å². The summed E-state index contributed by atoms with van der Waals surface area (Å²) in [6.07, 6.45) is 0. The number of anilines is 3. The molecule has 0 fully saturated rings. The Balaban J connectivity index is 1.22. The van der Waals surface area contributed by atoms with Gasteiger partial charge < -0.3 is 4.90 Å². The number of hydrogen-bond acceptors (Lipinski definition) is 1. The number of para-hydroxylation sites is 2. The van der Waals surface area contributed by atoms with Gasteiger partial charge in [-0.15, -0.1) is 0 Å². The van der Waals surface area contributed by atoms with E-state index in [9.17, 15) is 0 Å². The third-order valence-electron chi connectivity index (χ3n) is 10.9. The van der Waals surface area contributed by atoms with Crippen molar-refractivity contribution in [2.45, 2.75) is 19.3 Å². The summed E-state index contributed by atoms with van der Waals surface area (Å²) in [6.45, 7) is 4.69. The Morgan fingerprint density at radius 1 is 0.388 bits per heavy atom. The van der Waals surface area contributed by atoms with Crippen molar-refractivity contribution in [1.82, 2.24) is 0 Å². The van der Waals surface area contributed by atoms with Crippen molar-refractivity contribution in [3.63, 3.8) is 0 Å². The molecule has 0 N–H and O–H groups in total. The van der Waals surface area contributed by atoms with Crippen LogP contribution in [0.3, 0.4) is 0 Å². The van der Waals surface area contributed by atoms with E-state index >= 15 is 0 Å². The second kappa shape index (κ2) is 10.5. The number of fused-ring (bicyclic) bond motifs is 8. The van der Waals surface area contributed by atoms with Gasteiger partial charge in [-0.2, -0.15) is 0 Å². The van der Waals surface area contributed by atoms with E-state index in [-0.39, 0.29) is 5.41 Å². The number of benzene rings is 7. The molecule has 0 amide bonds. The van der Waals surface area contributed by atoms with E-state index in [1.807, 2.05) is 0 Å². The highest BCUT2D eigenvalue weighted by molar-refractivity contribution is 6.16. The maximum absolute atomic E-state index is 2.44. The van der Waals surface area contributed by atoms with Gasteiger partial charge in [0.05, 0.1) is 17.3 Å². The summed E-state index contributed by atoms with van der Waals surface area (Å²) >= 11 is 0. The van der Waals surface area contributed by atoms with E-state index in [4.69, 9.17) is 0 Å². The van der Waals surface area contributed by atoms with Crippen molar-refractivity contribution in [3.05, 3.63) is 215 Å². The van der Waals surface area contributed by atoms with Crippen LogP contribution in [0.1, 0.15) is 52.8 Å². The Hall–Kier alpha value is -5.92. The minimum Gasteiger partial charge on any atom is -0.310 e. The molecule has 0 aromatic heterocycles. The van der Waals surface area contributed by atoms with Crippen LogP contribution in [0.2, 0.25) is 0 Å². The van der Waals surface area contributed by atoms with E-state index in [2.05, 4.69) is 189 Å². The largest absolute Gasteiger partial charge is 0.310 e. The number of hydrogen-bond donors (Lipinski definition) is 0. The Bertz CT molecular complexity index is 2330. The average molecular weight is 625 g/mol. The van der Waals surface area contributed by atoms with Crippen molar-refractivity contribution in [2.24, 2.45) is 0 Å². The Labute approximate surface area is 288 Å². The predicted octanol–water partition coefficient (Wildman–Crippen LogP) is 12.4. The first-order valence-electron chi connectivity index (χ1n) is 17.2. The standard InChI is InChI=1S/C48H34N/c1-48(2)41-23-11-13-25-43(41)49(44-26-14-12-24-42(44)48)32-29-27-31(28-30-32)45(46-37-19-7-3-15-33(37)34-16-4-8-20-38(34)46)47-39-21-9-5-17-35(39)36-18-6-10-22-40(36)47/h3-30H,1-2H3. The minimum absolute atomic E-state index is 0.0929. The molecule has 0 saturated heterocycles. The maximum atomic E-state index is 2.44. The zero-order chi connectivity index (χ0) is 32.7. The number of rotatable bonds is 3. The average Bonchev–Trinajstić information content (AvgIpc) is 3.66. The molecule has 2 aliphatic carbocycles. The monoisotopic (exact) mass is 624 g/mol. The van der Waals surface area contributed by atoms with Crippen molar-refractivity contribution < 1.29 is 0 Å². The Kier molecular flexibility index (Phi) is 6.05. The summed E-state index contributed by atoms with van der Waals surface area (Å²) in [5, 5.41) is 0. The molecule has 1 aliphatic heterocycles. The van der Waals surface area contributed by atoms with E-state index in [1.165, 1.54) is 89.6 Å². The summed E-state index contributed by atoms with van der Waals surface area (Å²) < 4.78 is 0. The molecule has 0 spiro atoms. The molecule has 0 unspecified atom stereocenters. The van der Waals surface area contributed by atoms with Gasteiger partial charge >= 0.3 is 0 Å². The molecule has 7 aromatic rings. The molecular formula is C48H34N. The Morgan fingerprint density at radius 3 is 1.22 bits per heavy atom. The molecule has 0 atom stereocenters. The van der Waals surface area contributed by atoms with Crippen LogP contribution in [0.25, 0.3) is 33.4 Å². The van der Waals surface area contributed by atoms with E-state index in [1.54, 1.807) is 0 Å². The van der Waals surface area contributed by atoms with Gasteiger partial charge in [0.1, 0.15) is 0 Å². The molecule has 49 heavy (non-hydrogen) atoms. The van der Waals surface area contributed by atoms with Crippen molar-refractivity contribution in [1.29, 1.82) is 0 Å². The van der Waals surface area contributed by atoms with Gasteiger partial charge in [-0.25, -0.2) is 0 Å². The molecule has 1 radical (unpaired) electrons. The SMILES string of the molecule is CC1(C)c2ccccc2N(c2ccc(C([C]3c4ccccc4-c4ccccc43)=C3c4ccccc4-c4ccccc43)cc2)c2ccccc21. The van der Waals surface area contributed by atoms with Crippen LogP contribution in [0.4, 0.5) is 17.1 Å². The summed E-state index contributed by atoms with van der Waals surface area (Å²) in [5.74, 6) is 1.30. The highest BCUT2D eigenvalue weighted by atomic mass is 15.2. The zero-order valence-corrected chi connectivity index (χ0v) is 27.6. The predicted molar refractivity (Wildman–Crippen MR) is 204 cm³/mol. The topological polar surface area (TPSA) is 3.24 Å². The Morgan fingerprint density at radius 2 is 0.755 bits per heavy atom. The van der Waals surface area contributed by atoms with Crippen LogP contribution in [0, 0.1) is 5.92 Å². The summed E-state index contributed by atoms with van der Waals surface area (Å²) in [5.41, 5.74) is 20.4. The first-order valence-corrected chi connectivity index (χ1v) is 17.2. The minimum atomic E-state index is -0.0929. The smallest absolute Gasteiger partial charge is 0.0654 e. The lowest BCUT2D eigenvalue weighted by atomic mass is 9.73. The molecule has 10 rings (SSSR count). The fourth-order valence-corrected chi connectivity index (χ4v) is 8.71. The number of allylic oxidation sites excluding steroid dienone is 1. The second-order valence-electron chi connectivity index (χ2n) is 13.8. The third kappa shape index (κ3) is 3.99. The van der Waals surface area contributed by atoms with Gasteiger partial charge in [-0.3, -0.25) is 0 Å². The van der Waals surface area contributed by atoms with Gasteiger partial charge in [-0.1, -0.05) is 159 Å². The highest BCUT2D eigenvalue weighted by Gasteiger charge is 2.38. The molecule has 7 aromatic carbocycles. The van der Waals surface area contributed by atoms with Crippen molar-refractivity contribution in [2.75, 3.05) is 4.90 Å². The first kappa shape index (κ1) is 28.1. The van der Waals surface area contributed by atoms with Crippen LogP contribution in [-0.2, 0) is 5.41 Å². The third-order valence-corrected chi connectivity index (χ3v) is 10.9. The van der Waals surface area contributed by atoms with Gasteiger partial charge in [0.25, 0.3) is 0 Å². The van der Waals surface area contributed by atoms with Crippen molar-refractivity contribution in [3.8, 4) is 22.3 Å². The number of nitrogens with zero attached hydrogens (tertiary/aromatic N) is 1. The van der Waals surface area contributed by atoms with Gasteiger partial charge in [-0.05, 0) is 96.6 Å². The van der Waals surface area contributed by atoms with Gasteiger partial charge in [0.2, 0.25) is 0 Å². The van der Waals surface area contributed by atoms with Crippen LogP contribution < -0.4 is 4.90 Å². The molecule has 1 heterocycles. The first-order chi connectivity index (χ1) is 24.1. The molecular weight excluding hydrogens is 591 g/mol. The fourth-order valence-electron chi connectivity index (χ4n) is 8.71. The molecule has 231 valence electrons. The molecule has 3 aliphatic rings. The summed E-state index contributed by atoms with van der Waals surface area (Å²) in [7, 11) is 0. The van der Waals surface area contributed by atoms with Crippen LogP contribution in [0.5, 0.6) is 0 Å². The van der Waals surface area contributed by atoms with Crippen LogP contribution in [-0.4, -0.2) is 0 Å². The summed E-state index contributed by atoms with van der Waals surface area (Å²) in [6, 6.07) is 62.8. The lowest BCUT2D eigenvalue weighted by molar-refractivity contribution is 0.632.